The van der Waals surface area contributed by atoms with Gasteiger partial charge in [0, 0.05) is 11.1 Å². The molecule has 0 unspecified atom stereocenters. The van der Waals surface area contributed by atoms with Gasteiger partial charge in [-0.05, 0) is 19.9 Å². The van der Waals surface area contributed by atoms with E-state index in [-0.39, 0.29) is 18.1 Å². The van der Waals surface area contributed by atoms with E-state index in [1.54, 1.807) is 0 Å². The first-order valence-corrected chi connectivity index (χ1v) is 6.28. The van der Waals surface area contributed by atoms with E-state index in [4.69, 9.17) is 5.11 Å². The monoisotopic (exact) mass is 280 g/mol. The molecule has 0 aromatic carbocycles. The molecule has 2 heterocycles. The molecule has 0 fully saturated rings. The van der Waals surface area contributed by atoms with Gasteiger partial charge in [0.1, 0.15) is 6.54 Å². The zero-order valence-corrected chi connectivity index (χ0v) is 11.2. The Morgan fingerprint density at radius 1 is 1.47 bits per heavy atom. The van der Waals surface area contributed by atoms with Crippen molar-refractivity contribution < 1.29 is 14.7 Å². The average Bonchev–Trinajstić information content (AvgIpc) is 2.87. The van der Waals surface area contributed by atoms with Crippen LogP contribution in [0.3, 0.4) is 0 Å². The molecular weight excluding hydrogens is 268 g/mol. The molecule has 2 aromatic heterocycles. The number of amides is 1. The van der Waals surface area contributed by atoms with Crippen molar-refractivity contribution in [3.63, 3.8) is 0 Å². The van der Waals surface area contributed by atoms with E-state index in [1.165, 1.54) is 28.3 Å². The predicted octanol–water partition coefficient (Wildman–Crippen LogP) is 1.29. The van der Waals surface area contributed by atoms with Crippen LogP contribution in [0, 0.1) is 13.8 Å². The number of hydrogen-bond acceptors (Lipinski definition) is 5. The van der Waals surface area contributed by atoms with Gasteiger partial charge in [0.2, 0.25) is 5.91 Å². The number of rotatable bonds is 4. The van der Waals surface area contributed by atoms with Gasteiger partial charge in [-0.1, -0.05) is 0 Å². The maximum absolute atomic E-state index is 11.7. The molecule has 0 atom stereocenters. The van der Waals surface area contributed by atoms with E-state index in [0.29, 0.717) is 5.13 Å². The second-order valence-electron chi connectivity index (χ2n) is 3.91. The summed E-state index contributed by atoms with van der Waals surface area (Å²) < 4.78 is 1.27. The Labute approximate surface area is 112 Å². The fourth-order valence-electron chi connectivity index (χ4n) is 1.40. The van der Waals surface area contributed by atoms with Crippen LogP contribution in [0.2, 0.25) is 0 Å². The second-order valence-corrected chi connectivity index (χ2v) is 5.12. The van der Waals surface area contributed by atoms with Gasteiger partial charge in [-0.15, -0.1) is 11.3 Å². The Kier molecular flexibility index (Phi) is 3.61. The number of carboxylic acid groups (broad SMARTS) is 1. The first-order chi connectivity index (χ1) is 8.95. The highest BCUT2D eigenvalue weighted by atomic mass is 32.1. The molecule has 2 N–H and O–H groups in total. The lowest BCUT2D eigenvalue weighted by molar-refractivity contribution is -0.116. The summed E-state index contributed by atoms with van der Waals surface area (Å²) in [7, 11) is 0. The van der Waals surface area contributed by atoms with Crippen LogP contribution in [-0.2, 0) is 11.3 Å². The molecule has 0 radical (unpaired) electrons. The van der Waals surface area contributed by atoms with Crippen molar-refractivity contribution in [2.24, 2.45) is 0 Å². The van der Waals surface area contributed by atoms with Crippen LogP contribution < -0.4 is 5.32 Å². The third-order valence-electron chi connectivity index (χ3n) is 2.44. The van der Waals surface area contributed by atoms with E-state index >= 15 is 0 Å². The Bertz CT molecular complexity index is 612. The summed E-state index contributed by atoms with van der Waals surface area (Å²) in [5.41, 5.74) is 0.793. The molecule has 100 valence electrons. The smallest absolute Gasteiger partial charge is 0.356 e. The summed E-state index contributed by atoms with van der Waals surface area (Å²) in [5.74, 6) is -1.42. The minimum Gasteiger partial charge on any atom is -0.476 e. The van der Waals surface area contributed by atoms with E-state index < -0.39 is 5.97 Å². The number of nitrogens with one attached hydrogen (secondary N) is 1. The number of carbonyl (C=O) groups excluding carboxylic acids is 1. The number of aromatic carboxylic acids is 1. The fraction of sp³-hybridized carbons (Fsp3) is 0.273. The zero-order valence-electron chi connectivity index (χ0n) is 10.4. The Hall–Kier alpha value is -2.22. The quantitative estimate of drug-likeness (QED) is 0.879. The Morgan fingerprint density at radius 2 is 2.21 bits per heavy atom. The Morgan fingerprint density at radius 3 is 2.74 bits per heavy atom. The molecule has 0 saturated heterocycles. The summed E-state index contributed by atoms with van der Waals surface area (Å²) in [5, 5.41) is 15.7. The van der Waals surface area contributed by atoms with Crippen LogP contribution in [0.4, 0.5) is 5.13 Å². The van der Waals surface area contributed by atoms with Gasteiger partial charge in [-0.2, -0.15) is 5.10 Å². The first kappa shape index (κ1) is 13.2. The number of carboxylic acids is 1. The van der Waals surface area contributed by atoms with Crippen molar-refractivity contribution in [1.29, 1.82) is 0 Å². The third kappa shape index (κ3) is 3.16. The molecule has 0 aliphatic rings. The number of thiazole rings is 1. The zero-order chi connectivity index (χ0) is 14.0. The number of anilines is 1. The van der Waals surface area contributed by atoms with Gasteiger partial charge in [0.25, 0.3) is 0 Å². The van der Waals surface area contributed by atoms with Crippen LogP contribution in [-0.4, -0.2) is 31.7 Å². The van der Waals surface area contributed by atoms with Gasteiger partial charge in [0.05, 0.1) is 5.69 Å². The molecule has 7 nitrogen and oxygen atoms in total. The van der Waals surface area contributed by atoms with Crippen LogP contribution in [0.5, 0.6) is 0 Å². The minimum absolute atomic E-state index is 0.0506. The van der Waals surface area contributed by atoms with Gasteiger partial charge < -0.3 is 10.4 Å². The molecule has 2 rings (SSSR count). The largest absolute Gasteiger partial charge is 0.476 e. The summed E-state index contributed by atoms with van der Waals surface area (Å²) >= 11 is 1.40. The molecular formula is C11H12N4O3S. The number of hydrogen-bond donors (Lipinski definition) is 2. The third-order valence-corrected chi connectivity index (χ3v) is 3.43. The summed E-state index contributed by atoms with van der Waals surface area (Å²) in [6, 6.07) is 1.34. The minimum atomic E-state index is -1.12. The van der Waals surface area contributed by atoms with Gasteiger partial charge in [-0.25, -0.2) is 9.78 Å². The van der Waals surface area contributed by atoms with Crippen LogP contribution in [0.1, 0.15) is 21.1 Å². The highest BCUT2D eigenvalue weighted by Gasteiger charge is 2.11. The highest BCUT2D eigenvalue weighted by Crippen LogP contribution is 2.20. The van der Waals surface area contributed by atoms with E-state index in [1.807, 2.05) is 13.8 Å². The first-order valence-electron chi connectivity index (χ1n) is 5.46. The molecule has 0 aliphatic carbocycles. The van der Waals surface area contributed by atoms with Crippen molar-refractivity contribution in [3.05, 3.63) is 28.5 Å². The van der Waals surface area contributed by atoms with E-state index in [0.717, 1.165) is 10.6 Å². The lowest BCUT2D eigenvalue weighted by Crippen LogP contribution is -2.19. The lowest BCUT2D eigenvalue weighted by Gasteiger charge is -2.01. The van der Waals surface area contributed by atoms with Crippen molar-refractivity contribution in [3.8, 4) is 0 Å². The van der Waals surface area contributed by atoms with Gasteiger partial charge in [0.15, 0.2) is 10.8 Å². The number of aromatic nitrogens is 3. The van der Waals surface area contributed by atoms with Crippen LogP contribution >= 0.6 is 11.3 Å². The van der Waals surface area contributed by atoms with Crippen molar-refractivity contribution in [1.82, 2.24) is 14.8 Å². The van der Waals surface area contributed by atoms with Crippen molar-refractivity contribution >= 4 is 28.3 Å². The van der Waals surface area contributed by atoms with Gasteiger partial charge >= 0.3 is 5.97 Å². The lowest BCUT2D eigenvalue weighted by atomic mass is 10.4. The SMILES string of the molecule is Cc1nc(NC(=O)Cn2ccc(C(=O)O)n2)sc1C. The standard InChI is InChI=1S/C11H12N4O3S/c1-6-7(2)19-11(12-6)13-9(16)5-15-4-3-8(14-15)10(17)18/h3-4H,5H2,1-2H3,(H,17,18)(H,12,13,16). The second kappa shape index (κ2) is 5.19. The predicted molar refractivity (Wildman–Crippen MR) is 69.4 cm³/mol. The van der Waals surface area contributed by atoms with Crippen molar-refractivity contribution in [2.45, 2.75) is 20.4 Å². The summed E-state index contributed by atoms with van der Waals surface area (Å²) in [6.07, 6.45) is 1.45. The topological polar surface area (TPSA) is 97.1 Å². The fourth-order valence-corrected chi connectivity index (χ4v) is 2.23. The molecule has 0 spiro atoms. The summed E-state index contributed by atoms with van der Waals surface area (Å²) in [4.78, 5) is 27.6. The molecule has 0 bridgehead atoms. The molecule has 0 saturated carbocycles. The Balaban J connectivity index is 1.99. The normalized spacial score (nSPS) is 10.4. The van der Waals surface area contributed by atoms with Crippen molar-refractivity contribution in [2.75, 3.05) is 5.32 Å². The molecule has 1 amide bonds. The maximum atomic E-state index is 11.7. The molecule has 8 heteroatoms. The van der Waals surface area contributed by atoms with Crippen LogP contribution in [0.15, 0.2) is 12.3 Å². The number of carbonyl (C=O) groups is 2. The highest BCUT2D eigenvalue weighted by molar-refractivity contribution is 7.15. The molecule has 0 aliphatic heterocycles. The molecule has 2 aromatic rings. The van der Waals surface area contributed by atoms with E-state index in [9.17, 15) is 9.59 Å². The van der Waals surface area contributed by atoms with E-state index in [2.05, 4.69) is 15.4 Å². The number of aryl methyl sites for hydroxylation is 2. The van der Waals surface area contributed by atoms with Gasteiger partial charge in [-0.3, -0.25) is 9.48 Å². The molecule has 19 heavy (non-hydrogen) atoms. The van der Waals surface area contributed by atoms with Crippen LogP contribution in [0.25, 0.3) is 0 Å². The maximum Gasteiger partial charge on any atom is 0.356 e. The average molecular weight is 280 g/mol. The summed E-state index contributed by atoms with van der Waals surface area (Å²) in [6.45, 7) is 3.74. The number of nitrogens with zero attached hydrogens (tertiary/aromatic N) is 3.